The fourth-order valence-corrected chi connectivity index (χ4v) is 3.11. The summed E-state index contributed by atoms with van der Waals surface area (Å²) in [5.74, 6) is 1.46. The molecule has 0 atom stereocenters. The highest BCUT2D eigenvalue weighted by atomic mass is 16.6. The van der Waals surface area contributed by atoms with Gasteiger partial charge in [0.25, 0.3) is 5.56 Å². The van der Waals surface area contributed by atoms with E-state index in [2.05, 4.69) is 10.1 Å². The summed E-state index contributed by atoms with van der Waals surface area (Å²) < 4.78 is 14.5. The van der Waals surface area contributed by atoms with Gasteiger partial charge in [-0.25, -0.2) is 9.50 Å². The molecule has 0 radical (unpaired) electrons. The van der Waals surface area contributed by atoms with Gasteiger partial charge in [0, 0.05) is 18.5 Å². The second kappa shape index (κ2) is 5.34. The average molecular weight is 334 g/mol. The molecule has 0 saturated carbocycles. The van der Waals surface area contributed by atoms with Gasteiger partial charge < -0.3 is 14.0 Å². The van der Waals surface area contributed by atoms with Crippen molar-refractivity contribution in [1.29, 1.82) is 0 Å². The number of hydrogen-bond donors (Lipinski definition) is 0. The lowest BCUT2D eigenvalue weighted by Gasteiger charge is -2.19. The lowest BCUT2D eigenvalue weighted by atomic mass is 10.2. The summed E-state index contributed by atoms with van der Waals surface area (Å²) in [4.78, 5) is 17.1. The molecule has 0 amide bonds. The number of nitrogens with zero attached hydrogens (tertiary/aromatic N) is 4. The SMILES string of the molecule is O=c1c2cnc3ccnn3c2ccn1Cc1ccc2c(c1)OCCO2. The highest BCUT2D eigenvalue weighted by Crippen LogP contribution is 2.30. The molecule has 3 aromatic heterocycles. The predicted molar refractivity (Wildman–Crippen MR) is 91.3 cm³/mol. The van der Waals surface area contributed by atoms with Crippen molar-refractivity contribution in [2.24, 2.45) is 0 Å². The minimum absolute atomic E-state index is 0.0997. The van der Waals surface area contributed by atoms with Crippen LogP contribution in [0.3, 0.4) is 0 Å². The van der Waals surface area contributed by atoms with Crippen LogP contribution in [-0.4, -0.2) is 32.4 Å². The van der Waals surface area contributed by atoms with E-state index in [-0.39, 0.29) is 5.56 Å². The number of hydrogen-bond acceptors (Lipinski definition) is 5. The van der Waals surface area contributed by atoms with Crippen LogP contribution in [0.5, 0.6) is 11.5 Å². The Morgan fingerprint density at radius 3 is 2.88 bits per heavy atom. The third-order valence-electron chi connectivity index (χ3n) is 4.32. The Morgan fingerprint density at radius 1 is 1.08 bits per heavy atom. The fourth-order valence-electron chi connectivity index (χ4n) is 3.11. The molecule has 1 aliphatic heterocycles. The van der Waals surface area contributed by atoms with Gasteiger partial charge in [-0.1, -0.05) is 6.07 Å². The van der Waals surface area contributed by atoms with E-state index in [0.717, 1.165) is 28.2 Å². The second-order valence-corrected chi connectivity index (χ2v) is 5.89. The molecule has 0 bridgehead atoms. The minimum atomic E-state index is -0.0997. The van der Waals surface area contributed by atoms with E-state index in [1.165, 1.54) is 0 Å². The molecule has 0 unspecified atom stereocenters. The molecule has 5 rings (SSSR count). The van der Waals surface area contributed by atoms with Gasteiger partial charge in [-0.05, 0) is 23.8 Å². The standard InChI is InChI=1S/C18H14N4O3/c23-18-13-10-19-17-3-5-20-22(17)14(13)4-6-21(18)11-12-1-2-15-16(9-12)25-8-7-24-15/h1-6,9-10H,7-8,11H2. The molecular formula is C18H14N4O3. The van der Waals surface area contributed by atoms with Crippen LogP contribution >= 0.6 is 0 Å². The molecule has 0 spiro atoms. The maximum Gasteiger partial charge on any atom is 0.261 e. The molecule has 0 N–H and O–H groups in total. The highest BCUT2D eigenvalue weighted by molar-refractivity contribution is 5.79. The highest BCUT2D eigenvalue weighted by Gasteiger charge is 2.13. The first-order valence-electron chi connectivity index (χ1n) is 8.00. The van der Waals surface area contributed by atoms with E-state index in [4.69, 9.17) is 9.47 Å². The Bertz CT molecular complexity index is 1160. The number of pyridine rings is 1. The molecule has 1 aliphatic rings. The van der Waals surface area contributed by atoms with Crippen molar-refractivity contribution < 1.29 is 9.47 Å². The van der Waals surface area contributed by atoms with Crippen LogP contribution in [0, 0.1) is 0 Å². The average Bonchev–Trinajstić information content (AvgIpc) is 3.13. The molecule has 4 heterocycles. The number of ether oxygens (including phenoxy) is 2. The first-order chi connectivity index (χ1) is 12.3. The Labute approximate surface area is 142 Å². The zero-order valence-corrected chi connectivity index (χ0v) is 13.3. The molecule has 4 aromatic rings. The van der Waals surface area contributed by atoms with E-state index in [0.29, 0.717) is 25.1 Å². The molecule has 0 fully saturated rings. The number of benzene rings is 1. The predicted octanol–water partition coefficient (Wildman–Crippen LogP) is 1.86. The van der Waals surface area contributed by atoms with Crippen molar-refractivity contribution in [1.82, 2.24) is 19.2 Å². The van der Waals surface area contributed by atoms with Gasteiger partial charge in [0.2, 0.25) is 0 Å². The Hall–Kier alpha value is -3.35. The van der Waals surface area contributed by atoms with Crippen molar-refractivity contribution in [2.45, 2.75) is 6.54 Å². The van der Waals surface area contributed by atoms with Crippen LogP contribution in [0.25, 0.3) is 16.6 Å². The summed E-state index contributed by atoms with van der Waals surface area (Å²) in [6.07, 6.45) is 5.06. The zero-order chi connectivity index (χ0) is 16.8. The molecule has 1 aromatic carbocycles. The molecule has 7 nitrogen and oxygen atoms in total. The topological polar surface area (TPSA) is 70.7 Å². The molecule has 25 heavy (non-hydrogen) atoms. The van der Waals surface area contributed by atoms with Gasteiger partial charge >= 0.3 is 0 Å². The molecule has 0 saturated heterocycles. The van der Waals surface area contributed by atoms with E-state index < -0.39 is 0 Å². The largest absolute Gasteiger partial charge is 0.486 e. The monoisotopic (exact) mass is 334 g/mol. The summed E-state index contributed by atoms with van der Waals surface area (Å²) in [5.41, 5.74) is 2.34. The third-order valence-corrected chi connectivity index (χ3v) is 4.32. The van der Waals surface area contributed by atoms with Gasteiger partial charge in [0.05, 0.1) is 23.6 Å². The summed E-state index contributed by atoms with van der Waals surface area (Å²) in [6.45, 7) is 1.55. The van der Waals surface area contributed by atoms with Crippen LogP contribution in [0.4, 0.5) is 0 Å². The maximum atomic E-state index is 12.8. The lowest BCUT2D eigenvalue weighted by molar-refractivity contribution is 0.171. The van der Waals surface area contributed by atoms with E-state index in [9.17, 15) is 4.79 Å². The number of aromatic nitrogens is 4. The summed E-state index contributed by atoms with van der Waals surface area (Å²) in [7, 11) is 0. The third kappa shape index (κ3) is 2.24. The summed E-state index contributed by atoms with van der Waals surface area (Å²) >= 11 is 0. The normalized spacial score (nSPS) is 13.4. The molecular weight excluding hydrogens is 320 g/mol. The van der Waals surface area contributed by atoms with E-state index >= 15 is 0 Å². The van der Waals surface area contributed by atoms with E-state index in [1.54, 1.807) is 33.7 Å². The van der Waals surface area contributed by atoms with Gasteiger partial charge in [0.15, 0.2) is 17.1 Å². The van der Waals surface area contributed by atoms with Gasteiger partial charge in [0.1, 0.15) is 13.2 Å². The Morgan fingerprint density at radius 2 is 1.96 bits per heavy atom. The lowest BCUT2D eigenvalue weighted by Crippen LogP contribution is -2.21. The molecule has 124 valence electrons. The van der Waals surface area contributed by atoms with Crippen LogP contribution in [0.2, 0.25) is 0 Å². The van der Waals surface area contributed by atoms with Crippen LogP contribution in [0.15, 0.2) is 53.7 Å². The van der Waals surface area contributed by atoms with Gasteiger partial charge in [-0.2, -0.15) is 5.10 Å². The first-order valence-corrected chi connectivity index (χ1v) is 8.00. The van der Waals surface area contributed by atoms with Crippen LogP contribution in [-0.2, 0) is 6.54 Å². The number of fused-ring (bicyclic) bond motifs is 4. The number of rotatable bonds is 2. The summed E-state index contributed by atoms with van der Waals surface area (Å²) in [6, 6.07) is 9.43. The van der Waals surface area contributed by atoms with Crippen molar-refractivity contribution in [3.05, 3.63) is 64.8 Å². The molecule has 7 heteroatoms. The fraction of sp³-hybridized carbons (Fsp3) is 0.167. The quantitative estimate of drug-likeness (QED) is 0.560. The summed E-state index contributed by atoms with van der Waals surface area (Å²) in [5, 5.41) is 4.76. The first kappa shape index (κ1) is 14.0. The Kier molecular flexibility index (Phi) is 3.00. The zero-order valence-electron chi connectivity index (χ0n) is 13.3. The van der Waals surface area contributed by atoms with Crippen molar-refractivity contribution in [2.75, 3.05) is 13.2 Å². The smallest absolute Gasteiger partial charge is 0.261 e. The maximum absolute atomic E-state index is 12.8. The van der Waals surface area contributed by atoms with Crippen molar-refractivity contribution >= 4 is 16.6 Å². The van der Waals surface area contributed by atoms with Crippen LogP contribution < -0.4 is 15.0 Å². The van der Waals surface area contributed by atoms with Crippen LogP contribution in [0.1, 0.15) is 5.56 Å². The van der Waals surface area contributed by atoms with E-state index in [1.807, 2.05) is 24.3 Å². The van der Waals surface area contributed by atoms with Gasteiger partial charge in [-0.3, -0.25) is 4.79 Å². The minimum Gasteiger partial charge on any atom is -0.486 e. The second-order valence-electron chi connectivity index (χ2n) is 5.89. The van der Waals surface area contributed by atoms with Crippen molar-refractivity contribution in [3.8, 4) is 11.5 Å². The van der Waals surface area contributed by atoms with Gasteiger partial charge in [-0.15, -0.1) is 0 Å². The Balaban J connectivity index is 1.58. The van der Waals surface area contributed by atoms with Crippen molar-refractivity contribution in [3.63, 3.8) is 0 Å². The molecule has 0 aliphatic carbocycles.